The molecule has 2 aromatic rings. The molecule has 202 valence electrons. The monoisotopic (exact) mass is 546 g/mol. The number of carbonyl (C=O) groups excluding carboxylic acids is 1. The van der Waals surface area contributed by atoms with Crippen LogP contribution in [-0.4, -0.2) is 69.3 Å². The summed E-state index contributed by atoms with van der Waals surface area (Å²) in [6.45, 7) is 7.11. The largest absolute Gasteiger partial charge is 0.490 e. The van der Waals surface area contributed by atoms with Crippen LogP contribution >= 0.6 is 11.3 Å². The van der Waals surface area contributed by atoms with Gasteiger partial charge in [0.25, 0.3) is 5.91 Å². The van der Waals surface area contributed by atoms with Gasteiger partial charge in [0.1, 0.15) is 0 Å². The first kappa shape index (κ1) is 30.9. The van der Waals surface area contributed by atoms with Gasteiger partial charge in [-0.15, -0.1) is 11.3 Å². The molecule has 0 saturated carbocycles. The first-order chi connectivity index (χ1) is 16.5. The van der Waals surface area contributed by atoms with Gasteiger partial charge < -0.3 is 20.8 Å². The highest BCUT2D eigenvalue weighted by molar-refractivity contribution is 7.17. The number of thiophene rings is 1. The lowest BCUT2D eigenvalue weighted by molar-refractivity contribution is -0.193. The molecule has 1 aliphatic rings. The van der Waals surface area contributed by atoms with Gasteiger partial charge in [0, 0.05) is 35.8 Å². The zero-order valence-electron chi connectivity index (χ0n) is 19.0. The third-order valence-corrected chi connectivity index (χ3v) is 5.31. The molecular formula is C20H24F6N4O5S. The maximum absolute atomic E-state index is 12.2. The fraction of sp³-hybridized carbons (Fsp3) is 0.500. The van der Waals surface area contributed by atoms with E-state index in [1.165, 1.54) is 11.3 Å². The summed E-state index contributed by atoms with van der Waals surface area (Å²) in [6.07, 6.45) is -5.24. The minimum absolute atomic E-state index is 0.0273. The zero-order valence-corrected chi connectivity index (χ0v) is 19.8. The van der Waals surface area contributed by atoms with E-state index in [9.17, 15) is 31.1 Å². The minimum Gasteiger partial charge on any atom is -0.475 e. The number of alkyl halides is 6. The van der Waals surface area contributed by atoms with Crippen molar-refractivity contribution in [3.63, 3.8) is 0 Å². The zero-order chi connectivity index (χ0) is 27.7. The number of amides is 1. The average Bonchev–Trinajstić information content (AvgIpc) is 3.48. The Morgan fingerprint density at radius 1 is 1.14 bits per heavy atom. The van der Waals surface area contributed by atoms with Gasteiger partial charge in [-0.05, 0) is 31.0 Å². The smallest absolute Gasteiger partial charge is 0.475 e. The van der Waals surface area contributed by atoms with E-state index >= 15 is 0 Å². The van der Waals surface area contributed by atoms with E-state index in [0.29, 0.717) is 5.92 Å². The highest BCUT2D eigenvalue weighted by Gasteiger charge is 2.38. The number of aliphatic carboxylic acids is 2. The Balaban J connectivity index is 0.000000383. The molecule has 4 N–H and O–H groups in total. The van der Waals surface area contributed by atoms with Crippen LogP contribution in [0.2, 0.25) is 0 Å². The molecule has 0 aromatic carbocycles. The fourth-order valence-electron chi connectivity index (χ4n) is 2.61. The minimum atomic E-state index is -5.08. The van der Waals surface area contributed by atoms with Crippen LogP contribution in [0.4, 0.5) is 26.3 Å². The van der Waals surface area contributed by atoms with Crippen molar-refractivity contribution in [3.05, 3.63) is 29.4 Å². The number of halogens is 6. The van der Waals surface area contributed by atoms with Crippen LogP contribution in [0.15, 0.2) is 24.5 Å². The number of rotatable bonds is 5. The molecule has 0 spiro atoms. The van der Waals surface area contributed by atoms with Gasteiger partial charge in [0.15, 0.2) is 0 Å². The number of hydrogen-bond acceptors (Lipinski definition) is 6. The number of nitrogens with one attached hydrogen (secondary N) is 2. The van der Waals surface area contributed by atoms with E-state index < -0.39 is 24.3 Å². The van der Waals surface area contributed by atoms with Crippen molar-refractivity contribution in [2.24, 2.45) is 5.92 Å². The molecule has 2 aromatic heterocycles. The molecule has 0 aliphatic carbocycles. The van der Waals surface area contributed by atoms with E-state index in [1.54, 1.807) is 0 Å². The van der Waals surface area contributed by atoms with Gasteiger partial charge in [-0.3, -0.25) is 9.48 Å². The number of hydrogen-bond donors (Lipinski definition) is 4. The van der Waals surface area contributed by atoms with Crippen molar-refractivity contribution < 1.29 is 50.9 Å². The van der Waals surface area contributed by atoms with Crippen LogP contribution in [0.3, 0.4) is 0 Å². The van der Waals surface area contributed by atoms with Crippen molar-refractivity contribution in [2.75, 3.05) is 13.1 Å². The van der Waals surface area contributed by atoms with Crippen molar-refractivity contribution >= 4 is 29.2 Å². The molecule has 1 atom stereocenters. The number of carbonyl (C=O) groups is 3. The van der Waals surface area contributed by atoms with E-state index in [2.05, 4.69) is 35.8 Å². The van der Waals surface area contributed by atoms with E-state index in [-0.39, 0.29) is 11.9 Å². The van der Waals surface area contributed by atoms with E-state index in [1.807, 2.05) is 23.0 Å². The molecule has 1 saturated heterocycles. The maximum Gasteiger partial charge on any atom is 0.490 e. The predicted molar refractivity (Wildman–Crippen MR) is 117 cm³/mol. The summed E-state index contributed by atoms with van der Waals surface area (Å²) in [5.74, 6) is -4.92. The number of aromatic nitrogens is 2. The van der Waals surface area contributed by atoms with Gasteiger partial charge in [0.2, 0.25) is 0 Å². The Hall–Kier alpha value is -3.14. The Morgan fingerprint density at radius 3 is 2.14 bits per heavy atom. The second-order valence-corrected chi connectivity index (χ2v) is 8.86. The predicted octanol–water partition coefficient (Wildman–Crippen LogP) is 3.63. The number of carboxylic acids is 2. The average molecular weight is 546 g/mol. The molecule has 9 nitrogen and oxygen atoms in total. The molecular weight excluding hydrogens is 522 g/mol. The Labute approximate surface area is 205 Å². The molecule has 0 unspecified atom stereocenters. The van der Waals surface area contributed by atoms with Crippen LogP contribution in [0.1, 0.15) is 29.9 Å². The molecule has 3 heterocycles. The van der Waals surface area contributed by atoms with Gasteiger partial charge in [-0.1, -0.05) is 13.8 Å². The summed E-state index contributed by atoms with van der Waals surface area (Å²) < 4.78 is 65.4. The highest BCUT2D eigenvalue weighted by Crippen LogP contribution is 2.28. The van der Waals surface area contributed by atoms with Crippen molar-refractivity contribution in [2.45, 2.75) is 45.2 Å². The van der Waals surface area contributed by atoms with Gasteiger partial charge in [-0.2, -0.15) is 31.4 Å². The first-order valence-corrected chi connectivity index (χ1v) is 11.1. The molecule has 16 heteroatoms. The van der Waals surface area contributed by atoms with Crippen LogP contribution in [-0.2, 0) is 16.1 Å². The second kappa shape index (κ2) is 13.2. The second-order valence-electron chi connectivity index (χ2n) is 7.78. The molecule has 1 fully saturated rings. The Bertz CT molecular complexity index is 989. The van der Waals surface area contributed by atoms with Crippen molar-refractivity contribution in [1.29, 1.82) is 0 Å². The van der Waals surface area contributed by atoms with E-state index in [0.717, 1.165) is 41.4 Å². The molecule has 0 radical (unpaired) electrons. The summed E-state index contributed by atoms with van der Waals surface area (Å²) in [7, 11) is 0. The van der Waals surface area contributed by atoms with Crippen LogP contribution < -0.4 is 10.6 Å². The van der Waals surface area contributed by atoms with Crippen LogP contribution in [0, 0.1) is 5.92 Å². The highest BCUT2D eigenvalue weighted by atomic mass is 32.1. The lowest BCUT2D eigenvalue weighted by atomic mass is 10.2. The Kier molecular flexibility index (Phi) is 11.4. The van der Waals surface area contributed by atoms with Gasteiger partial charge >= 0.3 is 24.3 Å². The quantitative estimate of drug-likeness (QED) is 0.421. The lowest BCUT2D eigenvalue weighted by Crippen LogP contribution is -2.35. The molecule has 3 rings (SSSR count). The van der Waals surface area contributed by atoms with Crippen LogP contribution in [0.25, 0.3) is 10.4 Å². The summed E-state index contributed by atoms with van der Waals surface area (Å²) in [5, 5.41) is 25.0. The summed E-state index contributed by atoms with van der Waals surface area (Å²) in [6, 6.07) is 4.16. The number of nitrogens with zero attached hydrogens (tertiary/aromatic N) is 2. The lowest BCUT2D eigenvalue weighted by Gasteiger charge is -2.09. The SMILES string of the molecule is CC(C)Cn1cc(-c2ccc(C(=O)N[C@@H]3CCNC3)s2)cn1.O=C(O)C(F)(F)F.O=C(O)C(F)(F)F. The normalized spacial score (nSPS) is 15.4. The van der Waals surface area contributed by atoms with Crippen molar-refractivity contribution in [1.82, 2.24) is 20.4 Å². The molecule has 1 amide bonds. The van der Waals surface area contributed by atoms with Gasteiger partial charge in [-0.25, -0.2) is 9.59 Å². The molecule has 36 heavy (non-hydrogen) atoms. The summed E-state index contributed by atoms with van der Waals surface area (Å²) >= 11 is 1.52. The summed E-state index contributed by atoms with van der Waals surface area (Å²) in [5.41, 5.74) is 1.08. The fourth-order valence-corrected chi connectivity index (χ4v) is 3.50. The molecule has 0 bridgehead atoms. The topological polar surface area (TPSA) is 134 Å². The molecule has 1 aliphatic heterocycles. The first-order valence-electron chi connectivity index (χ1n) is 10.2. The Morgan fingerprint density at radius 2 is 1.69 bits per heavy atom. The third-order valence-electron chi connectivity index (χ3n) is 4.18. The number of carboxylic acid groups (broad SMARTS) is 2. The summed E-state index contributed by atoms with van der Waals surface area (Å²) in [4.78, 5) is 31.9. The van der Waals surface area contributed by atoms with Gasteiger partial charge in [0.05, 0.1) is 11.1 Å². The van der Waals surface area contributed by atoms with Crippen molar-refractivity contribution in [3.8, 4) is 10.4 Å². The van der Waals surface area contributed by atoms with E-state index in [4.69, 9.17) is 19.8 Å². The van der Waals surface area contributed by atoms with Crippen LogP contribution in [0.5, 0.6) is 0 Å². The third kappa shape index (κ3) is 11.1. The maximum atomic E-state index is 12.2. The standard InChI is InChI=1S/C16H22N4OS.2C2HF3O2/c1-11(2)9-20-10-12(7-18-20)14-3-4-15(22-14)16(21)19-13-5-6-17-8-13;2*3-2(4,5)1(6)7/h3-4,7,10-11,13,17H,5-6,8-9H2,1-2H3,(H,19,21);2*(H,6,7)/t13-;;/m1../s1.